The molecule has 3 aromatic rings. The minimum absolute atomic E-state index is 0.106. The third-order valence-corrected chi connectivity index (χ3v) is 5.29. The lowest BCUT2D eigenvalue weighted by Gasteiger charge is -2.25. The highest BCUT2D eigenvalue weighted by Gasteiger charge is 2.38. The van der Waals surface area contributed by atoms with Gasteiger partial charge in [-0.3, -0.25) is 14.9 Å². The number of nitrogens with one attached hydrogen (secondary N) is 1. The maximum absolute atomic E-state index is 12.9. The van der Waals surface area contributed by atoms with Gasteiger partial charge >= 0.3 is 12.1 Å². The molecule has 1 aliphatic heterocycles. The molecule has 4 rings (SSSR count). The first-order chi connectivity index (χ1) is 16.1. The van der Waals surface area contributed by atoms with E-state index in [-0.39, 0.29) is 17.7 Å². The van der Waals surface area contributed by atoms with Gasteiger partial charge in [0.15, 0.2) is 0 Å². The van der Waals surface area contributed by atoms with E-state index < -0.39 is 12.1 Å². The van der Waals surface area contributed by atoms with E-state index in [1.54, 1.807) is 41.6 Å². The number of halogens is 3. The van der Waals surface area contributed by atoms with Crippen LogP contribution in [0.15, 0.2) is 54.9 Å². The Morgan fingerprint density at radius 3 is 2.44 bits per heavy atom. The summed E-state index contributed by atoms with van der Waals surface area (Å²) < 4.78 is 31.7. The van der Waals surface area contributed by atoms with Crippen LogP contribution in [0.1, 0.15) is 16.9 Å². The fraction of sp³-hybridized carbons (Fsp3) is 0.273. The normalized spacial score (nSPS) is 15.4. The number of nitrogens with zero attached hydrogens (tertiary/aromatic N) is 4. The van der Waals surface area contributed by atoms with Crippen LogP contribution < -0.4 is 4.90 Å². The first-order valence-electron chi connectivity index (χ1n) is 10.1. The lowest BCUT2D eigenvalue weighted by Crippen LogP contribution is -2.39. The summed E-state index contributed by atoms with van der Waals surface area (Å²) in [6, 6.07) is 12.7. The lowest BCUT2D eigenvalue weighted by molar-refractivity contribution is -0.192. The van der Waals surface area contributed by atoms with Crippen LogP contribution in [0.3, 0.4) is 0 Å². The number of carbonyl (C=O) groups excluding carboxylic acids is 1. The van der Waals surface area contributed by atoms with Crippen molar-refractivity contribution in [2.75, 3.05) is 25.0 Å². The van der Waals surface area contributed by atoms with Crippen molar-refractivity contribution >= 4 is 17.6 Å². The van der Waals surface area contributed by atoms with Gasteiger partial charge in [-0.15, -0.1) is 0 Å². The summed E-state index contributed by atoms with van der Waals surface area (Å²) in [5.74, 6) is -2.72. The van der Waals surface area contributed by atoms with Gasteiger partial charge in [-0.05, 0) is 36.8 Å². The van der Waals surface area contributed by atoms with Crippen molar-refractivity contribution in [2.45, 2.75) is 18.6 Å². The molecule has 1 amide bonds. The molecule has 1 unspecified atom stereocenters. The predicted molar refractivity (Wildman–Crippen MR) is 116 cm³/mol. The van der Waals surface area contributed by atoms with Crippen LogP contribution in [0.25, 0.3) is 11.3 Å². The number of phenols is 1. The van der Waals surface area contributed by atoms with Gasteiger partial charge in [0, 0.05) is 43.8 Å². The van der Waals surface area contributed by atoms with E-state index in [0.29, 0.717) is 17.0 Å². The molecule has 0 spiro atoms. The van der Waals surface area contributed by atoms with E-state index in [1.165, 1.54) is 0 Å². The van der Waals surface area contributed by atoms with Crippen molar-refractivity contribution in [3.63, 3.8) is 0 Å². The summed E-state index contributed by atoms with van der Waals surface area (Å²) in [4.78, 5) is 29.8. The zero-order chi connectivity index (χ0) is 24.9. The van der Waals surface area contributed by atoms with Crippen molar-refractivity contribution in [1.29, 1.82) is 0 Å². The molecule has 3 heterocycles. The average Bonchev–Trinajstić information content (AvgIpc) is 3.49. The largest absolute Gasteiger partial charge is 0.507 e. The number of para-hydroxylation sites is 1. The van der Waals surface area contributed by atoms with E-state index in [1.807, 2.05) is 25.2 Å². The Labute approximate surface area is 192 Å². The summed E-state index contributed by atoms with van der Waals surface area (Å²) in [6.45, 7) is 1.69. The van der Waals surface area contributed by atoms with Crippen molar-refractivity contribution < 1.29 is 33.0 Å². The zero-order valence-corrected chi connectivity index (χ0v) is 18.0. The quantitative estimate of drug-likeness (QED) is 0.528. The Hall–Kier alpha value is -4.09. The monoisotopic (exact) mass is 477 g/mol. The van der Waals surface area contributed by atoms with E-state index in [4.69, 9.17) is 9.90 Å². The maximum Gasteiger partial charge on any atom is 0.490 e. The number of hydrogen-bond donors (Lipinski definition) is 3. The van der Waals surface area contributed by atoms with E-state index in [0.717, 1.165) is 25.2 Å². The number of carboxylic acid groups (broad SMARTS) is 1. The second kappa shape index (κ2) is 10.2. The van der Waals surface area contributed by atoms with Gasteiger partial charge in [0.1, 0.15) is 11.4 Å². The molecule has 1 aromatic carbocycles. The first kappa shape index (κ1) is 24.6. The molecule has 1 atom stereocenters. The van der Waals surface area contributed by atoms with Gasteiger partial charge in [-0.1, -0.05) is 12.1 Å². The smallest absolute Gasteiger partial charge is 0.490 e. The fourth-order valence-corrected chi connectivity index (χ4v) is 3.46. The molecule has 34 heavy (non-hydrogen) atoms. The number of aliphatic carboxylic acids is 1. The number of phenolic OH excluding ortho intramolecular Hbond substituents is 1. The van der Waals surface area contributed by atoms with Gasteiger partial charge in [-0.2, -0.15) is 18.3 Å². The van der Waals surface area contributed by atoms with Crippen LogP contribution in [0.4, 0.5) is 18.9 Å². The highest BCUT2D eigenvalue weighted by atomic mass is 19.4. The van der Waals surface area contributed by atoms with Crippen LogP contribution in [0, 0.1) is 0 Å². The zero-order valence-electron chi connectivity index (χ0n) is 18.0. The van der Waals surface area contributed by atoms with Crippen molar-refractivity contribution in [1.82, 2.24) is 20.1 Å². The fourth-order valence-electron chi connectivity index (χ4n) is 3.46. The number of alkyl halides is 3. The Morgan fingerprint density at radius 2 is 1.82 bits per heavy atom. The van der Waals surface area contributed by atoms with Gasteiger partial charge < -0.3 is 20.0 Å². The number of hydrogen-bond acceptors (Lipinski definition) is 6. The maximum atomic E-state index is 12.9. The topological polar surface area (TPSA) is 123 Å². The predicted octanol–water partition coefficient (Wildman–Crippen LogP) is 3.16. The molecule has 180 valence electrons. The molecule has 12 heteroatoms. The molecule has 9 nitrogen and oxygen atoms in total. The molecule has 0 radical (unpaired) electrons. The van der Waals surface area contributed by atoms with E-state index >= 15 is 0 Å². The number of H-pyrrole nitrogens is 1. The number of rotatable bonds is 4. The van der Waals surface area contributed by atoms with Crippen molar-refractivity contribution in [3.8, 4) is 17.0 Å². The van der Waals surface area contributed by atoms with Crippen molar-refractivity contribution in [2.24, 2.45) is 0 Å². The second-order valence-corrected chi connectivity index (χ2v) is 7.50. The standard InChI is InChI=1S/C20H21N5O2.C2HF3O2/c1-24(15-8-11-25(13-15)14-6-9-21-10-7-14)20(27)18-12-17(22-23-18)16-4-2-3-5-19(16)26;3-2(4,5)1(6)7/h2-7,9-10,12,15,26H,8,11,13H2,1H3,(H,22,23);(H,6,7). The van der Waals surface area contributed by atoms with Gasteiger partial charge in [0.25, 0.3) is 5.91 Å². The highest BCUT2D eigenvalue weighted by Crippen LogP contribution is 2.28. The molecular weight excluding hydrogens is 455 g/mol. The SMILES string of the molecule is CN(C(=O)c1cc(-c2ccccc2O)n[nH]1)C1CCN(c2ccncc2)C1.O=C(O)C(F)(F)F. The molecule has 2 aromatic heterocycles. The Morgan fingerprint density at radius 1 is 1.18 bits per heavy atom. The number of aromatic amines is 1. The molecular formula is C22H22F3N5O4. The highest BCUT2D eigenvalue weighted by molar-refractivity contribution is 5.93. The third-order valence-electron chi connectivity index (χ3n) is 5.29. The van der Waals surface area contributed by atoms with Crippen LogP contribution >= 0.6 is 0 Å². The average molecular weight is 477 g/mol. The van der Waals surface area contributed by atoms with Crippen LogP contribution in [0.2, 0.25) is 0 Å². The van der Waals surface area contributed by atoms with E-state index in [2.05, 4.69) is 20.1 Å². The van der Waals surface area contributed by atoms with Gasteiger partial charge in [0.2, 0.25) is 0 Å². The lowest BCUT2D eigenvalue weighted by atomic mass is 10.1. The number of aromatic nitrogens is 3. The first-order valence-corrected chi connectivity index (χ1v) is 10.1. The summed E-state index contributed by atoms with van der Waals surface area (Å²) in [6.07, 6.45) is -0.615. The minimum Gasteiger partial charge on any atom is -0.507 e. The molecule has 0 aliphatic carbocycles. The van der Waals surface area contributed by atoms with Gasteiger partial charge in [0.05, 0.1) is 11.7 Å². The summed E-state index contributed by atoms with van der Waals surface area (Å²) >= 11 is 0. The number of anilines is 1. The molecule has 3 N–H and O–H groups in total. The Kier molecular flexibility index (Phi) is 7.39. The van der Waals surface area contributed by atoms with Crippen LogP contribution in [-0.4, -0.2) is 74.5 Å². The molecule has 1 fully saturated rings. The number of amides is 1. The number of likely N-dealkylation sites (N-methyl/N-ethyl adjacent to an activating group) is 1. The number of carbonyl (C=O) groups is 2. The van der Waals surface area contributed by atoms with E-state index in [9.17, 15) is 23.1 Å². The molecule has 1 saturated heterocycles. The Bertz CT molecular complexity index is 1140. The Balaban J connectivity index is 0.000000406. The van der Waals surface area contributed by atoms with Gasteiger partial charge in [-0.25, -0.2) is 4.79 Å². The van der Waals surface area contributed by atoms with Crippen LogP contribution in [0.5, 0.6) is 5.75 Å². The number of benzene rings is 1. The minimum atomic E-state index is -5.08. The molecule has 0 bridgehead atoms. The van der Waals surface area contributed by atoms with Crippen molar-refractivity contribution in [3.05, 3.63) is 60.6 Å². The third kappa shape index (κ3) is 5.82. The summed E-state index contributed by atoms with van der Waals surface area (Å²) in [5, 5.41) is 24.1. The summed E-state index contributed by atoms with van der Waals surface area (Å²) in [5.41, 5.74) is 2.68. The molecule has 0 saturated carbocycles. The number of pyridine rings is 1. The summed E-state index contributed by atoms with van der Waals surface area (Å²) in [7, 11) is 1.82. The molecule has 1 aliphatic rings. The number of aromatic hydroxyl groups is 1. The van der Waals surface area contributed by atoms with Crippen LogP contribution in [-0.2, 0) is 4.79 Å². The second-order valence-electron chi connectivity index (χ2n) is 7.50. The number of carboxylic acids is 1.